The molecule has 0 radical (unpaired) electrons. The van der Waals surface area contributed by atoms with Crippen LogP contribution in [0.1, 0.15) is 34.2 Å². The summed E-state index contributed by atoms with van der Waals surface area (Å²) in [5.41, 5.74) is 2.67. The van der Waals surface area contributed by atoms with Crippen LogP contribution in [0.5, 0.6) is 0 Å². The minimum absolute atomic E-state index is 0.00963. The molecule has 1 atom stereocenters. The topological polar surface area (TPSA) is 88.2 Å². The number of aliphatic hydroxyl groups excluding tert-OH is 1. The molecule has 0 aliphatic heterocycles. The number of hydrogen-bond acceptors (Lipinski definition) is 4. The van der Waals surface area contributed by atoms with Gasteiger partial charge in [-0.2, -0.15) is 0 Å². The van der Waals surface area contributed by atoms with E-state index < -0.39 is 5.97 Å². The average molecular weight is 289 g/mol. The summed E-state index contributed by atoms with van der Waals surface area (Å²) < 4.78 is 1.58. The zero-order valence-corrected chi connectivity index (χ0v) is 12.2. The Labute approximate surface area is 123 Å². The highest BCUT2D eigenvalue weighted by atomic mass is 16.4. The summed E-state index contributed by atoms with van der Waals surface area (Å²) in [4.78, 5) is 11.3. The third-order valence-corrected chi connectivity index (χ3v) is 3.29. The molecule has 1 heterocycles. The van der Waals surface area contributed by atoms with Gasteiger partial charge in [-0.3, -0.25) is 0 Å². The molecule has 0 saturated carbocycles. The number of aliphatic hydroxyl groups is 1. The summed E-state index contributed by atoms with van der Waals surface area (Å²) in [6, 6.07) is 7.89. The molecular formula is C15H19N3O3. The monoisotopic (exact) mass is 289 g/mol. The maximum Gasteiger partial charge on any atom is 0.358 e. The first-order valence-electron chi connectivity index (χ1n) is 6.83. The number of hydrogen-bond donors (Lipinski definition) is 2. The summed E-state index contributed by atoms with van der Waals surface area (Å²) in [7, 11) is 0. The quantitative estimate of drug-likeness (QED) is 0.841. The molecule has 1 aromatic carbocycles. The van der Waals surface area contributed by atoms with Crippen LogP contribution in [0.3, 0.4) is 0 Å². The molecule has 112 valence electrons. The number of nitrogens with zero attached hydrogens (tertiary/aromatic N) is 3. The summed E-state index contributed by atoms with van der Waals surface area (Å²) >= 11 is 0. The molecule has 21 heavy (non-hydrogen) atoms. The Morgan fingerprint density at radius 3 is 2.81 bits per heavy atom. The van der Waals surface area contributed by atoms with E-state index in [1.807, 2.05) is 38.1 Å². The number of carboxylic acid groups (broad SMARTS) is 1. The van der Waals surface area contributed by atoms with E-state index in [4.69, 9.17) is 5.11 Å². The second kappa shape index (κ2) is 6.49. The molecule has 1 aromatic heterocycles. The van der Waals surface area contributed by atoms with Crippen LogP contribution in [-0.4, -0.2) is 37.8 Å². The summed E-state index contributed by atoms with van der Waals surface area (Å²) in [5.74, 6) is -1.09. The summed E-state index contributed by atoms with van der Waals surface area (Å²) in [6.07, 6.45) is 0.453. The van der Waals surface area contributed by atoms with Gasteiger partial charge in [0.15, 0.2) is 5.69 Å². The van der Waals surface area contributed by atoms with Crippen molar-refractivity contribution in [2.75, 3.05) is 6.61 Å². The standard InChI is InChI=1S/C15H19N3O3/c1-10-4-3-5-12(6-10)7-13-14(15(20)21)16-17-18(13)8-11(2)9-19/h3-6,11,19H,7-9H2,1-2H3,(H,20,21). The molecule has 6 heteroatoms. The second-order valence-corrected chi connectivity index (χ2v) is 5.33. The van der Waals surface area contributed by atoms with Crippen molar-refractivity contribution in [2.24, 2.45) is 5.92 Å². The second-order valence-electron chi connectivity index (χ2n) is 5.33. The zero-order valence-electron chi connectivity index (χ0n) is 12.2. The van der Waals surface area contributed by atoms with Gasteiger partial charge < -0.3 is 10.2 Å². The van der Waals surface area contributed by atoms with Crippen LogP contribution in [0.2, 0.25) is 0 Å². The van der Waals surface area contributed by atoms with Gasteiger partial charge in [0.1, 0.15) is 0 Å². The lowest BCUT2D eigenvalue weighted by molar-refractivity contribution is 0.0689. The van der Waals surface area contributed by atoms with Gasteiger partial charge in [-0.05, 0) is 18.4 Å². The van der Waals surface area contributed by atoms with Crippen molar-refractivity contribution in [1.82, 2.24) is 15.0 Å². The maximum atomic E-state index is 11.3. The van der Waals surface area contributed by atoms with Crippen molar-refractivity contribution in [1.29, 1.82) is 0 Å². The largest absolute Gasteiger partial charge is 0.476 e. The molecule has 2 rings (SSSR count). The Morgan fingerprint density at radius 2 is 2.19 bits per heavy atom. The third kappa shape index (κ3) is 3.66. The van der Waals surface area contributed by atoms with E-state index in [1.165, 1.54) is 0 Å². The fraction of sp³-hybridized carbons (Fsp3) is 0.400. The molecule has 1 unspecified atom stereocenters. The number of aryl methyl sites for hydroxylation is 1. The Hall–Kier alpha value is -2.21. The smallest absolute Gasteiger partial charge is 0.358 e. The molecule has 0 spiro atoms. The predicted molar refractivity (Wildman–Crippen MR) is 77.2 cm³/mol. The van der Waals surface area contributed by atoms with Gasteiger partial charge in [0.2, 0.25) is 0 Å². The Morgan fingerprint density at radius 1 is 1.43 bits per heavy atom. The lowest BCUT2D eigenvalue weighted by atomic mass is 10.1. The fourth-order valence-corrected chi connectivity index (χ4v) is 2.19. The minimum Gasteiger partial charge on any atom is -0.476 e. The van der Waals surface area contributed by atoms with Crippen molar-refractivity contribution in [3.8, 4) is 0 Å². The molecule has 0 aliphatic rings. The zero-order chi connectivity index (χ0) is 15.4. The fourth-order valence-electron chi connectivity index (χ4n) is 2.19. The van der Waals surface area contributed by atoms with Gasteiger partial charge in [0.05, 0.1) is 5.69 Å². The molecule has 0 amide bonds. The van der Waals surface area contributed by atoms with E-state index in [9.17, 15) is 9.90 Å². The van der Waals surface area contributed by atoms with E-state index >= 15 is 0 Å². The van der Waals surface area contributed by atoms with Crippen molar-refractivity contribution in [2.45, 2.75) is 26.8 Å². The maximum absolute atomic E-state index is 11.3. The van der Waals surface area contributed by atoms with Crippen LogP contribution >= 0.6 is 0 Å². The van der Waals surface area contributed by atoms with Crippen LogP contribution in [0.4, 0.5) is 0 Å². The Kier molecular flexibility index (Phi) is 4.70. The van der Waals surface area contributed by atoms with Crippen LogP contribution in [0, 0.1) is 12.8 Å². The van der Waals surface area contributed by atoms with E-state index in [0.717, 1.165) is 11.1 Å². The van der Waals surface area contributed by atoms with Crippen LogP contribution in [0.15, 0.2) is 24.3 Å². The predicted octanol–water partition coefficient (Wildman–Crippen LogP) is 1.50. The van der Waals surface area contributed by atoms with Crippen LogP contribution < -0.4 is 0 Å². The molecule has 0 saturated heterocycles. The summed E-state index contributed by atoms with van der Waals surface area (Å²) in [6.45, 7) is 4.33. The highest BCUT2D eigenvalue weighted by Crippen LogP contribution is 2.15. The van der Waals surface area contributed by atoms with Gasteiger partial charge in [-0.25, -0.2) is 9.48 Å². The highest BCUT2D eigenvalue weighted by molar-refractivity contribution is 5.86. The Bertz CT molecular complexity index is 637. The van der Waals surface area contributed by atoms with Crippen molar-refractivity contribution >= 4 is 5.97 Å². The molecule has 6 nitrogen and oxygen atoms in total. The Balaban J connectivity index is 2.34. The van der Waals surface area contributed by atoms with Crippen molar-refractivity contribution < 1.29 is 15.0 Å². The first kappa shape index (κ1) is 15.2. The number of aromatic carboxylic acids is 1. The number of aromatic nitrogens is 3. The number of carboxylic acids is 1. The first-order chi connectivity index (χ1) is 10.0. The number of benzene rings is 1. The average Bonchev–Trinajstić information content (AvgIpc) is 2.82. The van der Waals surface area contributed by atoms with Gasteiger partial charge in [0, 0.05) is 19.6 Å². The van der Waals surface area contributed by atoms with Gasteiger partial charge >= 0.3 is 5.97 Å². The molecule has 0 aliphatic carbocycles. The van der Waals surface area contributed by atoms with Gasteiger partial charge in [0.25, 0.3) is 0 Å². The van der Waals surface area contributed by atoms with E-state index in [1.54, 1.807) is 4.68 Å². The first-order valence-corrected chi connectivity index (χ1v) is 6.83. The molecule has 2 N–H and O–H groups in total. The number of rotatable bonds is 6. The molecule has 0 fully saturated rings. The minimum atomic E-state index is -1.08. The van der Waals surface area contributed by atoms with E-state index in [0.29, 0.717) is 18.7 Å². The van der Waals surface area contributed by atoms with Crippen LogP contribution in [-0.2, 0) is 13.0 Å². The molecular weight excluding hydrogens is 270 g/mol. The molecule has 2 aromatic rings. The molecule has 0 bridgehead atoms. The van der Waals surface area contributed by atoms with Crippen LogP contribution in [0.25, 0.3) is 0 Å². The van der Waals surface area contributed by atoms with Crippen molar-refractivity contribution in [3.05, 3.63) is 46.8 Å². The van der Waals surface area contributed by atoms with Gasteiger partial charge in [-0.1, -0.05) is 42.0 Å². The summed E-state index contributed by atoms with van der Waals surface area (Å²) in [5, 5.41) is 26.1. The highest BCUT2D eigenvalue weighted by Gasteiger charge is 2.20. The number of carbonyl (C=O) groups is 1. The van der Waals surface area contributed by atoms with E-state index in [2.05, 4.69) is 10.3 Å². The van der Waals surface area contributed by atoms with E-state index in [-0.39, 0.29) is 18.2 Å². The lowest BCUT2D eigenvalue weighted by Crippen LogP contribution is -2.16. The SMILES string of the molecule is Cc1cccc(Cc2c(C(=O)O)nnn2CC(C)CO)c1. The third-order valence-electron chi connectivity index (χ3n) is 3.29. The van der Waals surface area contributed by atoms with Crippen molar-refractivity contribution in [3.63, 3.8) is 0 Å². The van der Waals surface area contributed by atoms with Gasteiger partial charge in [-0.15, -0.1) is 5.10 Å². The normalized spacial score (nSPS) is 12.3. The lowest BCUT2D eigenvalue weighted by Gasteiger charge is -2.11.